The van der Waals surface area contributed by atoms with Crippen molar-refractivity contribution in [1.82, 2.24) is 0 Å². The summed E-state index contributed by atoms with van der Waals surface area (Å²) in [6.45, 7) is -0.637. The number of alkyl halides is 3. The summed E-state index contributed by atoms with van der Waals surface area (Å²) in [6, 6.07) is 3.21. The number of carbonyl (C=O) groups excluding carboxylic acids is 2. The van der Waals surface area contributed by atoms with E-state index in [1.165, 1.54) is 12.5 Å². The van der Waals surface area contributed by atoms with Gasteiger partial charge < -0.3 is 10.1 Å². The molecule has 4 nitrogen and oxygen atoms in total. The minimum Gasteiger partial charge on any atom is -0.456 e. The molecule has 8 heteroatoms. The molecule has 2 bridgehead atoms. The van der Waals surface area contributed by atoms with Gasteiger partial charge in [-0.3, -0.25) is 9.59 Å². The number of hydrogen-bond acceptors (Lipinski definition) is 3. The number of carbonyl (C=O) groups is 2. The Morgan fingerprint density at radius 1 is 1.23 bits per heavy atom. The average Bonchev–Trinajstić information content (AvgIpc) is 3.16. The lowest BCUT2D eigenvalue weighted by Crippen LogP contribution is -2.24. The first-order valence-corrected chi connectivity index (χ1v) is 8.93. The van der Waals surface area contributed by atoms with E-state index in [-0.39, 0.29) is 11.4 Å². The van der Waals surface area contributed by atoms with Crippen LogP contribution in [-0.2, 0) is 20.5 Å². The van der Waals surface area contributed by atoms with Gasteiger partial charge in [-0.2, -0.15) is 13.2 Å². The summed E-state index contributed by atoms with van der Waals surface area (Å²) in [7, 11) is 0. The Morgan fingerprint density at radius 2 is 2.00 bits per heavy atom. The predicted molar refractivity (Wildman–Crippen MR) is 89.6 cm³/mol. The number of fused-ring (bicyclic) bond motifs is 2. The molecule has 0 unspecified atom stereocenters. The molecule has 1 aromatic rings. The van der Waals surface area contributed by atoms with E-state index in [1.54, 1.807) is 0 Å². The van der Waals surface area contributed by atoms with E-state index >= 15 is 0 Å². The van der Waals surface area contributed by atoms with Crippen LogP contribution in [0.1, 0.15) is 37.7 Å². The number of benzene rings is 1. The second-order valence-corrected chi connectivity index (χ2v) is 7.42. The first-order valence-electron chi connectivity index (χ1n) is 8.55. The van der Waals surface area contributed by atoms with Crippen LogP contribution in [0.15, 0.2) is 18.2 Å². The van der Waals surface area contributed by atoms with Gasteiger partial charge in [0, 0.05) is 6.42 Å². The third kappa shape index (κ3) is 4.31. The molecule has 0 aliphatic heterocycles. The summed E-state index contributed by atoms with van der Waals surface area (Å²) >= 11 is 5.77. The smallest absolute Gasteiger partial charge is 0.418 e. The van der Waals surface area contributed by atoms with Crippen LogP contribution in [0, 0.1) is 17.8 Å². The molecule has 1 amide bonds. The van der Waals surface area contributed by atoms with Crippen molar-refractivity contribution in [3.63, 3.8) is 0 Å². The Bertz CT molecular complexity index is 707. The Labute approximate surface area is 154 Å². The fourth-order valence-corrected chi connectivity index (χ4v) is 4.33. The number of amides is 1. The molecular formula is C18H19ClF3NO3. The van der Waals surface area contributed by atoms with Crippen LogP contribution in [0.2, 0.25) is 5.02 Å². The fraction of sp³-hybridized carbons (Fsp3) is 0.556. The lowest BCUT2D eigenvalue weighted by molar-refractivity contribution is -0.148. The summed E-state index contributed by atoms with van der Waals surface area (Å²) < 4.78 is 43.9. The van der Waals surface area contributed by atoms with E-state index < -0.39 is 35.9 Å². The third-order valence-electron chi connectivity index (χ3n) is 5.26. The maximum atomic E-state index is 13.0. The standard InChI is InChI=1S/C18H19ClF3NO3/c19-14-3-1-2-13(18(20,21)22)17(14)23-15(24)9-26-16(25)8-12-7-10-4-5-11(12)6-10/h1-3,10-12H,4-9H2,(H,23,24)/t10-,11-,12-/m1/s1. The van der Waals surface area contributed by atoms with Crippen molar-refractivity contribution in [3.05, 3.63) is 28.8 Å². The van der Waals surface area contributed by atoms with Crippen LogP contribution in [-0.4, -0.2) is 18.5 Å². The van der Waals surface area contributed by atoms with Gasteiger partial charge in [0.25, 0.3) is 5.91 Å². The van der Waals surface area contributed by atoms with Crippen LogP contribution in [0.3, 0.4) is 0 Å². The molecule has 0 spiro atoms. The topological polar surface area (TPSA) is 55.4 Å². The molecule has 3 atom stereocenters. The highest BCUT2D eigenvalue weighted by Gasteiger charge is 2.40. The molecule has 142 valence electrons. The lowest BCUT2D eigenvalue weighted by Gasteiger charge is -2.20. The van der Waals surface area contributed by atoms with Crippen LogP contribution in [0.4, 0.5) is 18.9 Å². The summed E-state index contributed by atoms with van der Waals surface area (Å²) in [5, 5.41) is 1.86. The summed E-state index contributed by atoms with van der Waals surface area (Å²) in [4.78, 5) is 23.8. The van der Waals surface area contributed by atoms with Gasteiger partial charge in [-0.1, -0.05) is 24.1 Å². The van der Waals surface area contributed by atoms with Gasteiger partial charge in [0.1, 0.15) is 0 Å². The van der Waals surface area contributed by atoms with E-state index in [1.807, 2.05) is 0 Å². The number of halogens is 4. The zero-order chi connectivity index (χ0) is 18.9. The number of anilines is 1. The SMILES string of the molecule is O=C(COC(=O)C[C@H]1C[C@@H]2CC[C@@H]1C2)Nc1c(Cl)cccc1C(F)(F)F. The van der Waals surface area contributed by atoms with Crippen molar-refractivity contribution in [2.24, 2.45) is 17.8 Å². The number of esters is 1. The Hall–Kier alpha value is -1.76. The summed E-state index contributed by atoms with van der Waals surface area (Å²) in [5.41, 5.74) is -1.58. The molecule has 2 saturated carbocycles. The van der Waals surface area contributed by atoms with Crippen molar-refractivity contribution < 1.29 is 27.5 Å². The zero-order valence-corrected chi connectivity index (χ0v) is 14.7. The first kappa shape index (κ1) is 19.0. The number of para-hydroxylation sites is 1. The first-order chi connectivity index (χ1) is 12.2. The molecule has 0 heterocycles. The molecule has 0 radical (unpaired) electrons. The third-order valence-corrected chi connectivity index (χ3v) is 5.58. The highest BCUT2D eigenvalue weighted by atomic mass is 35.5. The highest BCUT2D eigenvalue weighted by molar-refractivity contribution is 6.34. The molecule has 2 aliphatic carbocycles. The fourth-order valence-electron chi connectivity index (χ4n) is 4.11. The lowest BCUT2D eigenvalue weighted by atomic mass is 9.86. The molecule has 0 saturated heterocycles. The Morgan fingerprint density at radius 3 is 2.62 bits per heavy atom. The van der Waals surface area contributed by atoms with Crippen molar-refractivity contribution in [2.75, 3.05) is 11.9 Å². The molecule has 26 heavy (non-hydrogen) atoms. The Kier molecular flexibility index (Phi) is 5.46. The normalized spacial score (nSPS) is 24.5. The van der Waals surface area contributed by atoms with Gasteiger partial charge in [0.15, 0.2) is 6.61 Å². The number of ether oxygens (including phenoxy) is 1. The van der Waals surface area contributed by atoms with Crippen LogP contribution in [0.5, 0.6) is 0 Å². The van der Waals surface area contributed by atoms with E-state index in [0.717, 1.165) is 31.4 Å². The molecule has 1 N–H and O–H groups in total. The van der Waals surface area contributed by atoms with Crippen molar-refractivity contribution in [3.8, 4) is 0 Å². The predicted octanol–water partition coefficient (Wildman–Crippen LogP) is 4.67. The molecule has 1 aromatic carbocycles. The number of nitrogens with one attached hydrogen (secondary N) is 1. The van der Waals surface area contributed by atoms with E-state index in [9.17, 15) is 22.8 Å². The molecule has 0 aromatic heterocycles. The van der Waals surface area contributed by atoms with Gasteiger partial charge in [-0.15, -0.1) is 0 Å². The van der Waals surface area contributed by atoms with Crippen molar-refractivity contribution >= 4 is 29.2 Å². The van der Waals surface area contributed by atoms with Gasteiger partial charge >= 0.3 is 12.1 Å². The maximum absolute atomic E-state index is 13.0. The van der Waals surface area contributed by atoms with Crippen LogP contribution in [0.25, 0.3) is 0 Å². The van der Waals surface area contributed by atoms with E-state index in [4.69, 9.17) is 16.3 Å². The second-order valence-electron chi connectivity index (χ2n) is 7.01. The minimum absolute atomic E-state index is 0.235. The summed E-state index contributed by atoms with van der Waals surface area (Å²) in [5.74, 6) is 0.198. The average molecular weight is 390 g/mol. The molecular weight excluding hydrogens is 371 g/mol. The molecule has 3 rings (SSSR count). The van der Waals surface area contributed by atoms with Gasteiger partial charge in [0.2, 0.25) is 0 Å². The largest absolute Gasteiger partial charge is 0.456 e. The van der Waals surface area contributed by atoms with Crippen molar-refractivity contribution in [1.29, 1.82) is 0 Å². The zero-order valence-electron chi connectivity index (χ0n) is 13.9. The van der Waals surface area contributed by atoms with Crippen LogP contribution >= 0.6 is 11.6 Å². The Balaban J connectivity index is 1.52. The maximum Gasteiger partial charge on any atom is 0.418 e. The van der Waals surface area contributed by atoms with E-state index in [2.05, 4.69) is 5.32 Å². The summed E-state index contributed by atoms with van der Waals surface area (Å²) in [6.07, 6.45) is 0.125. The van der Waals surface area contributed by atoms with Gasteiger partial charge in [0.05, 0.1) is 16.3 Å². The monoisotopic (exact) mass is 389 g/mol. The van der Waals surface area contributed by atoms with Gasteiger partial charge in [-0.25, -0.2) is 0 Å². The highest BCUT2D eigenvalue weighted by Crippen LogP contribution is 2.49. The number of hydrogen-bond donors (Lipinski definition) is 1. The van der Waals surface area contributed by atoms with E-state index in [0.29, 0.717) is 17.8 Å². The van der Waals surface area contributed by atoms with Gasteiger partial charge in [-0.05, 0) is 49.1 Å². The second kappa shape index (κ2) is 7.47. The molecule has 2 fully saturated rings. The van der Waals surface area contributed by atoms with Crippen LogP contribution < -0.4 is 5.32 Å². The quantitative estimate of drug-likeness (QED) is 0.745. The minimum atomic E-state index is -4.66. The van der Waals surface area contributed by atoms with Crippen molar-refractivity contribution in [2.45, 2.75) is 38.3 Å². The molecule has 2 aliphatic rings. The number of rotatable bonds is 5.